The van der Waals surface area contributed by atoms with E-state index in [2.05, 4.69) is 12.2 Å². The van der Waals surface area contributed by atoms with Crippen molar-refractivity contribution in [2.24, 2.45) is 5.92 Å². The minimum absolute atomic E-state index is 0.000400. The lowest BCUT2D eigenvalue weighted by molar-refractivity contribution is -0.117. The van der Waals surface area contributed by atoms with E-state index in [0.717, 1.165) is 17.7 Å². The fourth-order valence-electron chi connectivity index (χ4n) is 2.65. The molecular weight excluding hydrogens is 250 g/mol. The van der Waals surface area contributed by atoms with E-state index in [-0.39, 0.29) is 5.91 Å². The molecule has 1 aromatic carbocycles. The third-order valence-corrected chi connectivity index (χ3v) is 3.98. The largest absolute Gasteiger partial charge is 0.497 e. The Balaban J connectivity index is 1.87. The summed E-state index contributed by atoms with van der Waals surface area (Å²) in [5.41, 5.74) is 0.998. The van der Waals surface area contributed by atoms with Crippen molar-refractivity contribution in [2.75, 3.05) is 7.11 Å². The fraction of sp³-hybridized carbons (Fsp3) is 0.471. The van der Waals surface area contributed by atoms with Crippen LogP contribution >= 0.6 is 0 Å². The normalized spacial score (nSPS) is 22.7. The zero-order valence-electron chi connectivity index (χ0n) is 12.3. The van der Waals surface area contributed by atoms with Crippen molar-refractivity contribution >= 4 is 12.0 Å². The average Bonchev–Trinajstić information content (AvgIpc) is 2.48. The average molecular weight is 273 g/mol. The standard InChI is InChI=1S/C17H23NO2/c1-13-5-3-4-6-16(13)18-17(19)12-9-14-7-10-15(20-2)11-8-14/h7-13,16H,3-6H2,1-2H3,(H,18,19)/b12-9-/t13-,16+/m0/s1. The topological polar surface area (TPSA) is 38.3 Å². The van der Waals surface area contributed by atoms with Crippen molar-refractivity contribution in [3.8, 4) is 5.75 Å². The Hall–Kier alpha value is -1.77. The second-order valence-corrected chi connectivity index (χ2v) is 5.48. The molecule has 0 saturated heterocycles. The Bertz CT molecular complexity index is 464. The molecule has 3 nitrogen and oxygen atoms in total. The number of carbonyl (C=O) groups is 1. The molecule has 0 aromatic heterocycles. The molecule has 1 N–H and O–H groups in total. The number of nitrogens with one attached hydrogen (secondary N) is 1. The first kappa shape index (κ1) is 14.6. The van der Waals surface area contributed by atoms with Crippen LogP contribution < -0.4 is 10.1 Å². The second kappa shape index (κ2) is 7.13. The van der Waals surface area contributed by atoms with Crippen LogP contribution in [0.1, 0.15) is 38.2 Å². The summed E-state index contributed by atoms with van der Waals surface area (Å²) in [7, 11) is 1.64. The Kier molecular flexibility index (Phi) is 5.22. The molecule has 2 rings (SSSR count). The van der Waals surface area contributed by atoms with Gasteiger partial charge >= 0.3 is 0 Å². The van der Waals surface area contributed by atoms with E-state index in [0.29, 0.717) is 12.0 Å². The van der Waals surface area contributed by atoms with Crippen LogP contribution in [0.25, 0.3) is 6.08 Å². The van der Waals surface area contributed by atoms with Gasteiger partial charge in [0.05, 0.1) is 7.11 Å². The third-order valence-electron chi connectivity index (χ3n) is 3.98. The quantitative estimate of drug-likeness (QED) is 0.854. The highest BCUT2D eigenvalue weighted by Crippen LogP contribution is 2.23. The molecule has 0 bridgehead atoms. The predicted molar refractivity (Wildman–Crippen MR) is 81.6 cm³/mol. The molecule has 1 fully saturated rings. The van der Waals surface area contributed by atoms with Gasteiger partial charge in [-0.05, 0) is 42.5 Å². The van der Waals surface area contributed by atoms with Gasteiger partial charge in [0.25, 0.3) is 0 Å². The molecule has 1 amide bonds. The maximum absolute atomic E-state index is 11.9. The SMILES string of the molecule is COc1ccc(/C=C\C(=O)N[C@@H]2CCCC[C@@H]2C)cc1. The zero-order chi connectivity index (χ0) is 14.4. The molecule has 0 spiro atoms. The third kappa shape index (κ3) is 4.12. The van der Waals surface area contributed by atoms with Gasteiger partial charge in [0.1, 0.15) is 5.75 Å². The Morgan fingerprint density at radius 2 is 1.95 bits per heavy atom. The second-order valence-electron chi connectivity index (χ2n) is 5.48. The van der Waals surface area contributed by atoms with Crippen molar-refractivity contribution in [1.82, 2.24) is 5.32 Å². The first-order valence-electron chi connectivity index (χ1n) is 7.31. The van der Waals surface area contributed by atoms with Crippen LogP contribution in [0.5, 0.6) is 5.75 Å². The highest BCUT2D eigenvalue weighted by molar-refractivity contribution is 5.91. The fourth-order valence-corrected chi connectivity index (χ4v) is 2.65. The minimum atomic E-state index is -0.000400. The van der Waals surface area contributed by atoms with E-state index in [1.165, 1.54) is 19.3 Å². The number of rotatable bonds is 4. The molecule has 0 unspecified atom stereocenters. The van der Waals surface area contributed by atoms with Crippen molar-refractivity contribution in [3.05, 3.63) is 35.9 Å². The van der Waals surface area contributed by atoms with Gasteiger partial charge < -0.3 is 10.1 Å². The number of ether oxygens (including phenoxy) is 1. The van der Waals surface area contributed by atoms with Gasteiger partial charge in [-0.3, -0.25) is 4.79 Å². The summed E-state index contributed by atoms with van der Waals surface area (Å²) in [6.07, 6.45) is 8.27. The highest BCUT2D eigenvalue weighted by Gasteiger charge is 2.21. The Morgan fingerprint density at radius 1 is 1.25 bits per heavy atom. The van der Waals surface area contributed by atoms with Crippen molar-refractivity contribution in [3.63, 3.8) is 0 Å². The Labute approximate surface area is 121 Å². The van der Waals surface area contributed by atoms with Crippen LogP contribution in [0.3, 0.4) is 0 Å². The summed E-state index contributed by atoms with van der Waals surface area (Å²) in [6, 6.07) is 7.98. The summed E-state index contributed by atoms with van der Waals surface area (Å²) in [6.45, 7) is 2.22. The van der Waals surface area contributed by atoms with E-state index >= 15 is 0 Å². The summed E-state index contributed by atoms with van der Waals surface area (Å²) in [4.78, 5) is 11.9. The van der Waals surface area contributed by atoms with Crippen molar-refractivity contribution < 1.29 is 9.53 Å². The molecule has 1 aliphatic rings. The zero-order valence-corrected chi connectivity index (χ0v) is 12.3. The summed E-state index contributed by atoms with van der Waals surface area (Å²) >= 11 is 0. The van der Waals surface area contributed by atoms with Crippen LogP contribution in [0, 0.1) is 5.92 Å². The number of benzene rings is 1. The van der Waals surface area contributed by atoms with E-state index < -0.39 is 0 Å². The number of carbonyl (C=O) groups excluding carboxylic acids is 1. The molecule has 1 aromatic rings. The summed E-state index contributed by atoms with van der Waals surface area (Å²) < 4.78 is 5.10. The summed E-state index contributed by atoms with van der Waals surface area (Å²) in [5, 5.41) is 3.11. The van der Waals surface area contributed by atoms with E-state index in [4.69, 9.17) is 4.74 Å². The predicted octanol–water partition coefficient (Wildman–Crippen LogP) is 3.40. The lowest BCUT2D eigenvalue weighted by Crippen LogP contribution is -2.40. The first-order chi connectivity index (χ1) is 9.69. The van der Waals surface area contributed by atoms with E-state index in [1.807, 2.05) is 30.3 Å². The van der Waals surface area contributed by atoms with Crippen LogP contribution in [0.15, 0.2) is 30.3 Å². The van der Waals surface area contributed by atoms with Crippen LogP contribution in [0.2, 0.25) is 0 Å². The maximum atomic E-state index is 11.9. The van der Waals surface area contributed by atoms with Gasteiger partial charge in [0.15, 0.2) is 0 Å². The molecule has 0 radical (unpaired) electrons. The van der Waals surface area contributed by atoms with E-state index in [1.54, 1.807) is 13.2 Å². The smallest absolute Gasteiger partial charge is 0.244 e. The maximum Gasteiger partial charge on any atom is 0.244 e. The highest BCUT2D eigenvalue weighted by atomic mass is 16.5. The number of amides is 1. The van der Waals surface area contributed by atoms with Gasteiger partial charge in [-0.15, -0.1) is 0 Å². The lowest BCUT2D eigenvalue weighted by atomic mass is 9.86. The molecule has 1 aliphatic carbocycles. The van der Waals surface area contributed by atoms with Crippen molar-refractivity contribution in [1.29, 1.82) is 0 Å². The monoisotopic (exact) mass is 273 g/mol. The van der Waals surface area contributed by atoms with Gasteiger partial charge in [-0.2, -0.15) is 0 Å². The summed E-state index contributed by atoms with van der Waals surface area (Å²) in [5.74, 6) is 1.41. The molecule has 108 valence electrons. The molecule has 20 heavy (non-hydrogen) atoms. The van der Waals surface area contributed by atoms with Gasteiger partial charge in [0.2, 0.25) is 5.91 Å². The molecule has 1 saturated carbocycles. The Morgan fingerprint density at radius 3 is 2.60 bits per heavy atom. The van der Waals surface area contributed by atoms with Crippen molar-refractivity contribution in [2.45, 2.75) is 38.6 Å². The first-order valence-corrected chi connectivity index (χ1v) is 7.31. The van der Waals surface area contributed by atoms with Gasteiger partial charge in [-0.1, -0.05) is 31.9 Å². The molecule has 0 heterocycles. The molecular formula is C17H23NO2. The van der Waals surface area contributed by atoms with E-state index in [9.17, 15) is 4.79 Å². The minimum Gasteiger partial charge on any atom is -0.497 e. The molecule has 2 atom stereocenters. The van der Waals surface area contributed by atoms with Gasteiger partial charge in [0, 0.05) is 12.1 Å². The number of hydrogen-bond acceptors (Lipinski definition) is 2. The van der Waals surface area contributed by atoms with Crippen LogP contribution in [-0.2, 0) is 4.79 Å². The number of hydrogen-bond donors (Lipinski definition) is 1. The van der Waals surface area contributed by atoms with Crippen LogP contribution in [0.4, 0.5) is 0 Å². The molecule has 3 heteroatoms. The molecule has 0 aliphatic heterocycles. The number of methoxy groups -OCH3 is 1. The van der Waals surface area contributed by atoms with Crippen LogP contribution in [-0.4, -0.2) is 19.1 Å². The van der Waals surface area contributed by atoms with Gasteiger partial charge in [-0.25, -0.2) is 0 Å². The lowest BCUT2D eigenvalue weighted by Gasteiger charge is -2.29.